The molecule has 28 heavy (non-hydrogen) atoms. The van der Waals surface area contributed by atoms with E-state index < -0.39 is 5.60 Å². The van der Waals surface area contributed by atoms with Crippen LogP contribution in [-0.4, -0.2) is 22.3 Å². The highest BCUT2D eigenvalue weighted by Gasteiger charge is 2.40. The van der Waals surface area contributed by atoms with Gasteiger partial charge < -0.3 is 5.11 Å². The van der Waals surface area contributed by atoms with Crippen LogP contribution in [0.5, 0.6) is 0 Å². The number of carbonyl (C=O) groups is 2. The summed E-state index contributed by atoms with van der Waals surface area (Å²) in [5, 5.41) is 11.2. The average molecular weight is 391 g/mol. The number of aliphatic hydroxyl groups is 1. The molecule has 1 rings (SSSR count). The summed E-state index contributed by atoms with van der Waals surface area (Å²) in [6.07, 6.45) is 6.75. The van der Waals surface area contributed by atoms with Crippen LogP contribution in [0.1, 0.15) is 101 Å². The molecule has 0 saturated carbocycles. The summed E-state index contributed by atoms with van der Waals surface area (Å²) in [6, 6.07) is 0. The van der Waals surface area contributed by atoms with Gasteiger partial charge in [0.1, 0.15) is 0 Å². The monoisotopic (exact) mass is 390 g/mol. The summed E-state index contributed by atoms with van der Waals surface area (Å²) in [5.74, 6) is 0.568. The summed E-state index contributed by atoms with van der Waals surface area (Å²) in [7, 11) is 0. The molecular formula is C25H42O3. The molecule has 0 spiro atoms. The van der Waals surface area contributed by atoms with Crippen LogP contribution in [0, 0.1) is 16.7 Å². The lowest BCUT2D eigenvalue weighted by Gasteiger charge is -2.42. The fraction of sp³-hybridized carbons (Fsp3) is 0.760. The van der Waals surface area contributed by atoms with Crippen molar-refractivity contribution < 1.29 is 14.7 Å². The number of carbonyl (C=O) groups excluding carboxylic acids is 2. The zero-order valence-electron chi connectivity index (χ0n) is 19.7. The van der Waals surface area contributed by atoms with Crippen molar-refractivity contribution in [2.45, 2.75) is 106 Å². The Hall–Kier alpha value is -1.22. The van der Waals surface area contributed by atoms with Crippen LogP contribution in [0.15, 0.2) is 22.8 Å². The van der Waals surface area contributed by atoms with Crippen LogP contribution in [0.3, 0.4) is 0 Å². The van der Waals surface area contributed by atoms with Gasteiger partial charge in [-0.15, -0.1) is 0 Å². The second kappa shape index (κ2) is 9.07. The second-order valence-corrected chi connectivity index (χ2v) is 10.9. The molecule has 1 atom stereocenters. The predicted molar refractivity (Wildman–Crippen MR) is 117 cm³/mol. The van der Waals surface area contributed by atoms with Gasteiger partial charge in [-0.25, -0.2) is 0 Å². The van der Waals surface area contributed by atoms with Crippen molar-refractivity contribution in [2.75, 3.05) is 0 Å². The molecule has 0 aromatic rings. The van der Waals surface area contributed by atoms with Gasteiger partial charge in [0, 0.05) is 16.7 Å². The van der Waals surface area contributed by atoms with E-state index in [1.165, 1.54) is 18.9 Å². The van der Waals surface area contributed by atoms with Crippen LogP contribution < -0.4 is 0 Å². The minimum atomic E-state index is -0.909. The van der Waals surface area contributed by atoms with E-state index in [1.807, 2.05) is 6.92 Å². The molecule has 1 aliphatic rings. The first-order valence-electron chi connectivity index (χ1n) is 10.8. The van der Waals surface area contributed by atoms with Gasteiger partial charge in [-0.1, -0.05) is 48.0 Å². The number of rotatable bonds is 10. The Kier molecular flexibility index (Phi) is 8.04. The molecule has 160 valence electrons. The van der Waals surface area contributed by atoms with Crippen molar-refractivity contribution in [1.29, 1.82) is 0 Å². The first-order valence-corrected chi connectivity index (χ1v) is 10.8. The van der Waals surface area contributed by atoms with Gasteiger partial charge in [0.25, 0.3) is 0 Å². The molecule has 0 saturated heterocycles. The van der Waals surface area contributed by atoms with Crippen molar-refractivity contribution in [3.05, 3.63) is 22.8 Å². The molecule has 0 bridgehead atoms. The fourth-order valence-electron chi connectivity index (χ4n) is 3.71. The van der Waals surface area contributed by atoms with Crippen molar-refractivity contribution >= 4 is 11.6 Å². The van der Waals surface area contributed by atoms with Crippen molar-refractivity contribution in [1.82, 2.24) is 0 Å². The van der Waals surface area contributed by atoms with Crippen LogP contribution >= 0.6 is 0 Å². The van der Waals surface area contributed by atoms with E-state index in [9.17, 15) is 14.7 Å². The van der Waals surface area contributed by atoms with Crippen LogP contribution in [0.2, 0.25) is 0 Å². The number of ketones is 2. The molecule has 0 aromatic carbocycles. The van der Waals surface area contributed by atoms with Crippen LogP contribution in [0.4, 0.5) is 0 Å². The quantitative estimate of drug-likeness (QED) is 0.452. The van der Waals surface area contributed by atoms with Crippen molar-refractivity contribution in [2.24, 2.45) is 16.7 Å². The number of allylic oxidation sites excluding steroid dienone is 4. The Balaban J connectivity index is 2.77. The Morgan fingerprint density at radius 3 is 2.04 bits per heavy atom. The minimum absolute atomic E-state index is 0.0552. The van der Waals surface area contributed by atoms with Gasteiger partial charge >= 0.3 is 0 Å². The smallest absolute Gasteiger partial charge is 0.184 e. The largest absolute Gasteiger partial charge is 0.390 e. The van der Waals surface area contributed by atoms with Crippen molar-refractivity contribution in [3.63, 3.8) is 0 Å². The van der Waals surface area contributed by atoms with E-state index in [4.69, 9.17) is 0 Å². The van der Waals surface area contributed by atoms with Gasteiger partial charge in [-0.3, -0.25) is 9.59 Å². The maximum absolute atomic E-state index is 12.3. The number of hydrogen-bond acceptors (Lipinski definition) is 3. The molecule has 3 nitrogen and oxygen atoms in total. The SMILES string of the molecule is CC1=CC(=O)C(CCC(C)(O)C(C)(C)CCC(C)(C)CCC(C)C)=C(C)C1=O. The van der Waals surface area contributed by atoms with Crippen LogP contribution in [0.25, 0.3) is 0 Å². The third-order valence-corrected chi connectivity index (χ3v) is 6.94. The normalized spacial score (nSPS) is 18.6. The molecule has 0 amide bonds. The number of Topliss-reactive ketones (excluding diaryl/α,β-unsaturated/α-hetero) is 1. The van der Waals surface area contributed by atoms with Gasteiger partial charge in [0.2, 0.25) is 0 Å². The highest BCUT2D eigenvalue weighted by atomic mass is 16.3. The molecule has 3 heteroatoms. The summed E-state index contributed by atoms with van der Waals surface area (Å²) in [5.41, 5.74) is 0.669. The Morgan fingerprint density at radius 2 is 1.50 bits per heavy atom. The summed E-state index contributed by atoms with van der Waals surface area (Å²) >= 11 is 0. The lowest BCUT2D eigenvalue weighted by atomic mass is 9.67. The molecule has 1 unspecified atom stereocenters. The van der Waals surface area contributed by atoms with Gasteiger partial charge in [-0.2, -0.15) is 0 Å². The number of hydrogen-bond donors (Lipinski definition) is 1. The van der Waals surface area contributed by atoms with Gasteiger partial charge in [-0.05, 0) is 75.7 Å². The summed E-state index contributed by atoms with van der Waals surface area (Å²) in [4.78, 5) is 24.5. The molecule has 0 fully saturated rings. The molecule has 0 heterocycles. The zero-order valence-corrected chi connectivity index (χ0v) is 19.7. The maximum atomic E-state index is 12.3. The first-order chi connectivity index (χ1) is 12.6. The molecule has 0 radical (unpaired) electrons. The Morgan fingerprint density at radius 1 is 0.929 bits per heavy atom. The van der Waals surface area contributed by atoms with E-state index in [0.717, 1.165) is 12.8 Å². The highest BCUT2D eigenvalue weighted by molar-refractivity contribution is 6.22. The molecule has 0 aromatic heterocycles. The maximum Gasteiger partial charge on any atom is 0.184 e. The van der Waals surface area contributed by atoms with Gasteiger partial charge in [0.05, 0.1) is 5.60 Å². The minimum Gasteiger partial charge on any atom is -0.390 e. The topological polar surface area (TPSA) is 54.4 Å². The van der Waals surface area contributed by atoms with E-state index in [-0.39, 0.29) is 22.4 Å². The third kappa shape index (κ3) is 6.40. The molecular weight excluding hydrogens is 348 g/mol. The molecule has 0 aliphatic heterocycles. The van der Waals surface area contributed by atoms with Crippen molar-refractivity contribution in [3.8, 4) is 0 Å². The predicted octanol–water partition coefficient (Wildman–Crippen LogP) is 6.20. The van der Waals surface area contributed by atoms with Crippen LogP contribution in [-0.2, 0) is 9.59 Å². The van der Waals surface area contributed by atoms with E-state index in [1.54, 1.807) is 13.8 Å². The summed E-state index contributed by atoms with van der Waals surface area (Å²) in [6.45, 7) is 18.7. The molecule has 1 aliphatic carbocycles. The van der Waals surface area contributed by atoms with E-state index >= 15 is 0 Å². The second-order valence-electron chi connectivity index (χ2n) is 10.9. The van der Waals surface area contributed by atoms with E-state index in [0.29, 0.717) is 35.5 Å². The summed E-state index contributed by atoms with van der Waals surface area (Å²) < 4.78 is 0. The average Bonchev–Trinajstić information content (AvgIpc) is 2.56. The lowest BCUT2D eigenvalue weighted by Crippen LogP contribution is -2.42. The van der Waals surface area contributed by atoms with Gasteiger partial charge in [0.15, 0.2) is 11.6 Å². The Labute approximate surface area is 172 Å². The lowest BCUT2D eigenvalue weighted by molar-refractivity contribution is -0.116. The Bertz CT molecular complexity index is 657. The zero-order chi connectivity index (χ0) is 21.9. The first kappa shape index (κ1) is 24.8. The fourth-order valence-corrected chi connectivity index (χ4v) is 3.71. The van der Waals surface area contributed by atoms with E-state index in [2.05, 4.69) is 41.5 Å². The highest BCUT2D eigenvalue weighted by Crippen LogP contribution is 2.43. The third-order valence-electron chi connectivity index (χ3n) is 6.94. The standard InChI is InChI=1S/C25H42O3/c1-17(2)10-12-23(5,6)14-15-24(7,8)25(9,28)13-11-20-19(4)22(27)18(3)16-21(20)26/h16-17,28H,10-15H2,1-9H3. The molecule has 1 N–H and O–H groups in total.